The zero-order chi connectivity index (χ0) is 33.3. The summed E-state index contributed by atoms with van der Waals surface area (Å²) in [5.41, 5.74) is 9.08. The van der Waals surface area contributed by atoms with Crippen molar-refractivity contribution in [2.75, 3.05) is 9.80 Å². The van der Waals surface area contributed by atoms with Crippen LogP contribution in [0.1, 0.15) is 0 Å². The predicted molar refractivity (Wildman–Crippen MR) is 214 cm³/mol. The lowest BCUT2D eigenvalue weighted by Crippen LogP contribution is -2.12. The molecule has 9 rings (SSSR count). The minimum absolute atomic E-state index is 1.10. The number of benzene rings is 9. The number of hydrogen-bond donors (Lipinski definition) is 0. The minimum Gasteiger partial charge on any atom is -0.310 e. The summed E-state index contributed by atoms with van der Waals surface area (Å²) < 4.78 is 0. The molecule has 236 valence electrons. The van der Waals surface area contributed by atoms with Crippen LogP contribution in [0.15, 0.2) is 206 Å². The molecule has 0 unspecified atom stereocenters. The van der Waals surface area contributed by atoms with Gasteiger partial charge in [0.25, 0.3) is 0 Å². The lowest BCUT2D eigenvalue weighted by molar-refractivity contribution is 1.28. The number of rotatable bonds is 7. The molecule has 0 aliphatic carbocycles. The van der Waals surface area contributed by atoms with Crippen LogP contribution in [-0.4, -0.2) is 0 Å². The number of para-hydroxylation sites is 2. The summed E-state index contributed by atoms with van der Waals surface area (Å²) in [6, 6.07) is 74.2. The summed E-state index contributed by atoms with van der Waals surface area (Å²) >= 11 is 0. The van der Waals surface area contributed by atoms with E-state index in [4.69, 9.17) is 0 Å². The van der Waals surface area contributed by atoms with E-state index in [9.17, 15) is 0 Å². The highest BCUT2D eigenvalue weighted by Crippen LogP contribution is 2.43. The van der Waals surface area contributed by atoms with Crippen LogP contribution >= 0.6 is 0 Å². The average Bonchev–Trinajstić information content (AvgIpc) is 3.19. The zero-order valence-electron chi connectivity index (χ0n) is 27.5. The fraction of sp³-hybridized carbons (Fsp3) is 0. The first-order chi connectivity index (χ1) is 24.8. The van der Waals surface area contributed by atoms with Crippen molar-refractivity contribution in [1.29, 1.82) is 0 Å². The maximum Gasteiger partial charge on any atom is 0.0540 e. The van der Waals surface area contributed by atoms with E-state index >= 15 is 0 Å². The molecule has 0 fully saturated rings. The Morgan fingerprint density at radius 2 is 0.680 bits per heavy atom. The maximum absolute atomic E-state index is 2.40. The molecule has 0 amide bonds. The summed E-state index contributed by atoms with van der Waals surface area (Å²) in [6.07, 6.45) is 0. The van der Waals surface area contributed by atoms with E-state index < -0.39 is 0 Å². The smallest absolute Gasteiger partial charge is 0.0540 e. The van der Waals surface area contributed by atoms with E-state index in [0.717, 1.165) is 34.1 Å². The van der Waals surface area contributed by atoms with Crippen LogP contribution in [0.25, 0.3) is 43.4 Å². The van der Waals surface area contributed by atoms with Gasteiger partial charge in [0.15, 0.2) is 0 Å². The largest absolute Gasteiger partial charge is 0.310 e. The van der Waals surface area contributed by atoms with Crippen LogP contribution in [0.5, 0.6) is 0 Å². The first-order valence-corrected chi connectivity index (χ1v) is 17.1. The molecule has 0 bridgehead atoms. The normalized spacial score (nSPS) is 11.2. The first-order valence-electron chi connectivity index (χ1n) is 17.1. The first kappa shape index (κ1) is 29.5. The third-order valence-electron chi connectivity index (χ3n) is 9.59. The Hall–Kier alpha value is -6.64. The average molecular weight is 639 g/mol. The third-order valence-corrected chi connectivity index (χ3v) is 9.59. The van der Waals surface area contributed by atoms with Crippen molar-refractivity contribution in [3.8, 4) is 11.1 Å². The van der Waals surface area contributed by atoms with Crippen LogP contribution < -0.4 is 9.80 Å². The van der Waals surface area contributed by atoms with Crippen LogP contribution in [0.2, 0.25) is 0 Å². The summed E-state index contributed by atoms with van der Waals surface area (Å²) in [4.78, 5) is 4.74. The predicted octanol–water partition coefficient (Wildman–Crippen LogP) is 13.8. The Labute approximate surface area is 292 Å². The van der Waals surface area contributed by atoms with Gasteiger partial charge in [0.05, 0.1) is 5.69 Å². The van der Waals surface area contributed by atoms with Crippen molar-refractivity contribution >= 4 is 66.4 Å². The van der Waals surface area contributed by atoms with E-state index in [1.54, 1.807) is 0 Å². The van der Waals surface area contributed by atoms with Crippen LogP contribution in [0, 0.1) is 0 Å². The Morgan fingerprint density at radius 3 is 1.38 bits per heavy atom. The topological polar surface area (TPSA) is 6.48 Å². The monoisotopic (exact) mass is 638 g/mol. The van der Waals surface area contributed by atoms with Crippen molar-refractivity contribution in [3.63, 3.8) is 0 Å². The second kappa shape index (κ2) is 12.8. The van der Waals surface area contributed by atoms with E-state index in [2.05, 4.69) is 216 Å². The molecule has 50 heavy (non-hydrogen) atoms. The molecule has 2 nitrogen and oxygen atoms in total. The molecule has 0 aliphatic heterocycles. The molecule has 0 N–H and O–H groups in total. The van der Waals surface area contributed by atoms with Gasteiger partial charge in [-0.25, -0.2) is 0 Å². The third kappa shape index (κ3) is 5.43. The fourth-order valence-corrected chi connectivity index (χ4v) is 7.17. The molecule has 2 heteroatoms. The number of fused-ring (bicyclic) bond motifs is 4. The highest BCUT2D eigenvalue weighted by Gasteiger charge is 2.19. The fourth-order valence-electron chi connectivity index (χ4n) is 7.17. The van der Waals surface area contributed by atoms with E-state index in [1.807, 2.05) is 0 Å². The lowest BCUT2D eigenvalue weighted by atomic mass is 10.00. The summed E-state index contributed by atoms with van der Waals surface area (Å²) in [6.45, 7) is 0. The molecule has 0 atom stereocenters. The van der Waals surface area contributed by atoms with Gasteiger partial charge in [0, 0.05) is 33.8 Å². The summed E-state index contributed by atoms with van der Waals surface area (Å²) in [5, 5.41) is 7.35. The zero-order valence-corrected chi connectivity index (χ0v) is 27.5. The number of hydrogen-bond acceptors (Lipinski definition) is 2. The number of nitrogens with zero attached hydrogens (tertiary/aromatic N) is 2. The van der Waals surface area contributed by atoms with Gasteiger partial charge in [-0.3, -0.25) is 0 Å². The molecule has 9 aromatic rings. The van der Waals surface area contributed by atoms with Crippen molar-refractivity contribution < 1.29 is 0 Å². The van der Waals surface area contributed by atoms with Gasteiger partial charge in [-0.05, 0) is 105 Å². The highest BCUT2D eigenvalue weighted by atomic mass is 15.2. The molecule has 0 saturated carbocycles. The van der Waals surface area contributed by atoms with Crippen molar-refractivity contribution in [2.24, 2.45) is 0 Å². The van der Waals surface area contributed by atoms with Crippen LogP contribution in [0.4, 0.5) is 34.1 Å². The van der Waals surface area contributed by atoms with Gasteiger partial charge in [-0.2, -0.15) is 0 Å². The van der Waals surface area contributed by atoms with Crippen LogP contribution in [0.3, 0.4) is 0 Å². The Kier molecular flexibility index (Phi) is 7.53. The Balaban J connectivity index is 1.22. The molecule has 0 aromatic heterocycles. The standard InChI is InChI=1S/C48H34N2/c1-4-13-35(14-5-1)36-25-29-42(30-26-36)49(40-17-6-2-7-18-40)43-31-27-38-16-12-22-48(47(38)34-43)50(41-19-8-3-9-20-41)44-32-28-39-24-23-37-15-10-11-21-45(37)46(39)33-44/h1-34H. The van der Waals surface area contributed by atoms with Gasteiger partial charge >= 0.3 is 0 Å². The molecule has 0 saturated heterocycles. The Bertz CT molecular complexity index is 2580. The van der Waals surface area contributed by atoms with Gasteiger partial charge in [0.1, 0.15) is 0 Å². The maximum atomic E-state index is 2.40. The van der Waals surface area contributed by atoms with Crippen molar-refractivity contribution in [1.82, 2.24) is 0 Å². The van der Waals surface area contributed by atoms with Gasteiger partial charge in [-0.1, -0.05) is 140 Å². The molecule has 0 radical (unpaired) electrons. The lowest BCUT2D eigenvalue weighted by Gasteiger charge is -2.29. The summed E-state index contributed by atoms with van der Waals surface area (Å²) in [7, 11) is 0. The van der Waals surface area contributed by atoms with Crippen molar-refractivity contribution in [3.05, 3.63) is 206 Å². The molecule has 9 aromatic carbocycles. The SMILES string of the molecule is c1ccc(-c2ccc(N(c3ccccc3)c3ccc4cccc(N(c5ccccc5)c5ccc6ccc7ccccc7c6c5)c4c3)cc2)cc1. The van der Waals surface area contributed by atoms with Crippen molar-refractivity contribution in [2.45, 2.75) is 0 Å². The second-order valence-electron chi connectivity index (χ2n) is 12.6. The van der Waals surface area contributed by atoms with E-state index in [0.29, 0.717) is 0 Å². The van der Waals surface area contributed by atoms with Gasteiger partial charge in [-0.15, -0.1) is 0 Å². The molecular weight excluding hydrogens is 605 g/mol. The molecule has 0 spiro atoms. The van der Waals surface area contributed by atoms with E-state index in [-0.39, 0.29) is 0 Å². The van der Waals surface area contributed by atoms with Gasteiger partial charge in [0.2, 0.25) is 0 Å². The molecule has 0 heterocycles. The Morgan fingerprint density at radius 1 is 0.240 bits per heavy atom. The highest BCUT2D eigenvalue weighted by molar-refractivity contribution is 6.10. The number of anilines is 6. The quantitative estimate of drug-likeness (QED) is 0.160. The summed E-state index contributed by atoms with van der Waals surface area (Å²) in [5.74, 6) is 0. The van der Waals surface area contributed by atoms with E-state index in [1.165, 1.54) is 43.4 Å². The minimum atomic E-state index is 1.10. The van der Waals surface area contributed by atoms with Crippen LogP contribution in [-0.2, 0) is 0 Å². The molecular formula is C48H34N2. The molecule has 0 aliphatic rings. The van der Waals surface area contributed by atoms with Gasteiger partial charge < -0.3 is 9.80 Å². The second-order valence-corrected chi connectivity index (χ2v) is 12.6.